The first-order chi connectivity index (χ1) is 14.8. The van der Waals surface area contributed by atoms with Crippen molar-refractivity contribution in [3.8, 4) is 0 Å². The molecule has 0 unspecified atom stereocenters. The number of guanidine groups is 1. The lowest BCUT2D eigenvalue weighted by molar-refractivity contribution is -0.131. The van der Waals surface area contributed by atoms with Gasteiger partial charge in [-0.3, -0.25) is 9.79 Å². The zero-order valence-electron chi connectivity index (χ0n) is 18.6. The molecule has 1 fully saturated rings. The predicted molar refractivity (Wildman–Crippen MR) is 134 cm³/mol. The fraction of sp³-hybridized carbons (Fsp3) is 0.652. The Hall–Kier alpha value is -1.39. The first-order valence-electron chi connectivity index (χ1n) is 11.2. The van der Waals surface area contributed by atoms with Crippen LogP contribution < -0.4 is 10.6 Å². The molecule has 0 saturated carbocycles. The molecule has 0 aliphatic carbocycles. The number of nitrogens with one attached hydrogen (secondary N) is 2. The van der Waals surface area contributed by atoms with Gasteiger partial charge in [-0.15, -0.1) is 24.0 Å². The topological polar surface area (TPSA) is 75.2 Å². The summed E-state index contributed by atoms with van der Waals surface area (Å²) in [4.78, 5) is 18.6. The molecule has 0 atom stereocenters. The quantitative estimate of drug-likeness (QED) is 0.205. The van der Waals surface area contributed by atoms with Gasteiger partial charge in [-0.2, -0.15) is 0 Å². The minimum Gasteiger partial charge on any atom is -0.381 e. The number of fused-ring (bicyclic) bond motifs is 1. The van der Waals surface area contributed by atoms with Gasteiger partial charge in [0, 0.05) is 66.1 Å². The Morgan fingerprint density at radius 2 is 1.77 bits per heavy atom. The number of rotatable bonds is 10. The van der Waals surface area contributed by atoms with E-state index in [1.165, 1.54) is 11.1 Å². The third-order valence-corrected chi connectivity index (χ3v) is 5.73. The van der Waals surface area contributed by atoms with Gasteiger partial charge < -0.3 is 25.0 Å². The highest BCUT2D eigenvalue weighted by atomic mass is 127. The van der Waals surface area contributed by atoms with Gasteiger partial charge in [-0.25, -0.2) is 0 Å². The lowest BCUT2D eigenvalue weighted by Gasteiger charge is -2.21. The van der Waals surface area contributed by atoms with E-state index in [0.29, 0.717) is 12.3 Å². The van der Waals surface area contributed by atoms with Crippen molar-refractivity contribution in [2.24, 2.45) is 10.9 Å². The van der Waals surface area contributed by atoms with Gasteiger partial charge >= 0.3 is 0 Å². The number of carbonyl (C=O) groups excluding carboxylic acids is 1. The minimum absolute atomic E-state index is 0. The van der Waals surface area contributed by atoms with Crippen LogP contribution in [0.25, 0.3) is 0 Å². The maximum absolute atomic E-state index is 12.4. The van der Waals surface area contributed by atoms with Crippen LogP contribution in [0, 0.1) is 5.92 Å². The molecule has 1 aromatic rings. The highest BCUT2D eigenvalue weighted by Gasteiger charge is 2.22. The van der Waals surface area contributed by atoms with Crippen LogP contribution in [0.3, 0.4) is 0 Å². The van der Waals surface area contributed by atoms with Crippen LogP contribution in [0.4, 0.5) is 0 Å². The SMILES string of the molecule is CN=C(NCCCOCC1CCOCC1)NCCCC(=O)N1Cc2ccccc2C1.I. The zero-order chi connectivity index (χ0) is 21.0. The molecule has 0 bridgehead atoms. The van der Waals surface area contributed by atoms with E-state index in [4.69, 9.17) is 9.47 Å². The number of ether oxygens (including phenoxy) is 2. The van der Waals surface area contributed by atoms with Gasteiger partial charge in [0.15, 0.2) is 5.96 Å². The van der Waals surface area contributed by atoms with Crippen molar-refractivity contribution in [3.63, 3.8) is 0 Å². The van der Waals surface area contributed by atoms with Gasteiger partial charge in [0.05, 0.1) is 0 Å². The highest BCUT2D eigenvalue weighted by molar-refractivity contribution is 14.0. The molecule has 8 heteroatoms. The van der Waals surface area contributed by atoms with Crippen molar-refractivity contribution in [2.45, 2.75) is 45.2 Å². The summed E-state index contributed by atoms with van der Waals surface area (Å²) in [6, 6.07) is 8.28. The van der Waals surface area contributed by atoms with Crippen molar-refractivity contribution < 1.29 is 14.3 Å². The summed E-state index contributed by atoms with van der Waals surface area (Å²) in [5, 5.41) is 6.60. The standard InChI is InChI=1S/C23H36N4O3.HI/c1-24-23(26-12-5-13-30-18-19-9-14-29-15-10-19)25-11-4-8-22(28)27-16-20-6-2-3-7-21(20)17-27;/h2-3,6-7,19H,4-5,8-18H2,1H3,(H2,24,25,26);1H. The second-order valence-corrected chi connectivity index (χ2v) is 8.03. The molecule has 3 rings (SSSR count). The summed E-state index contributed by atoms with van der Waals surface area (Å²) in [5.41, 5.74) is 2.54. The number of hydrogen-bond donors (Lipinski definition) is 2. The zero-order valence-corrected chi connectivity index (χ0v) is 20.9. The highest BCUT2D eigenvalue weighted by Crippen LogP contribution is 2.22. The summed E-state index contributed by atoms with van der Waals surface area (Å²) in [6.07, 6.45) is 4.51. The Morgan fingerprint density at radius 3 is 2.42 bits per heavy atom. The molecule has 2 aliphatic rings. The lowest BCUT2D eigenvalue weighted by atomic mass is 10.0. The molecule has 0 aromatic heterocycles. The summed E-state index contributed by atoms with van der Waals surface area (Å²) >= 11 is 0. The van der Waals surface area contributed by atoms with E-state index in [-0.39, 0.29) is 29.9 Å². The van der Waals surface area contributed by atoms with Gasteiger partial charge in [0.1, 0.15) is 0 Å². The number of carbonyl (C=O) groups is 1. The van der Waals surface area contributed by atoms with Crippen LogP contribution in [-0.4, -0.2) is 63.3 Å². The molecule has 174 valence electrons. The minimum atomic E-state index is 0. The largest absolute Gasteiger partial charge is 0.381 e. The smallest absolute Gasteiger partial charge is 0.223 e. The second-order valence-electron chi connectivity index (χ2n) is 8.03. The molecule has 2 N–H and O–H groups in total. The van der Waals surface area contributed by atoms with E-state index in [9.17, 15) is 4.79 Å². The van der Waals surface area contributed by atoms with Crippen molar-refractivity contribution in [3.05, 3.63) is 35.4 Å². The molecule has 2 heterocycles. The Labute approximate surface area is 203 Å². The number of nitrogens with zero attached hydrogens (tertiary/aromatic N) is 2. The summed E-state index contributed by atoms with van der Waals surface area (Å²) < 4.78 is 11.2. The number of halogens is 1. The van der Waals surface area contributed by atoms with Gasteiger partial charge in [0.25, 0.3) is 0 Å². The molecule has 1 aromatic carbocycles. The first kappa shape index (κ1) is 25.9. The molecule has 1 saturated heterocycles. The molecule has 7 nitrogen and oxygen atoms in total. The summed E-state index contributed by atoms with van der Waals surface area (Å²) in [7, 11) is 1.77. The van der Waals surface area contributed by atoms with E-state index in [1.807, 2.05) is 17.0 Å². The number of benzene rings is 1. The van der Waals surface area contributed by atoms with Crippen LogP contribution >= 0.6 is 24.0 Å². The number of amides is 1. The maximum atomic E-state index is 12.4. The van der Waals surface area contributed by atoms with Crippen LogP contribution in [-0.2, 0) is 27.4 Å². The third-order valence-electron chi connectivity index (χ3n) is 5.73. The van der Waals surface area contributed by atoms with Crippen LogP contribution in [0.2, 0.25) is 0 Å². The third kappa shape index (κ3) is 8.94. The molecular weight excluding hydrogens is 507 g/mol. The molecule has 2 aliphatic heterocycles. The Bertz CT molecular complexity index is 670. The van der Waals surface area contributed by atoms with E-state index >= 15 is 0 Å². The normalized spacial score (nSPS) is 16.5. The first-order valence-corrected chi connectivity index (χ1v) is 11.2. The average molecular weight is 544 g/mol. The number of hydrogen-bond acceptors (Lipinski definition) is 4. The van der Waals surface area contributed by atoms with Gasteiger partial charge in [0.2, 0.25) is 5.91 Å². The van der Waals surface area contributed by atoms with Crippen molar-refractivity contribution in [2.75, 3.05) is 46.6 Å². The number of aliphatic imine (C=N–C) groups is 1. The van der Waals surface area contributed by atoms with Crippen LogP contribution in [0.5, 0.6) is 0 Å². The van der Waals surface area contributed by atoms with E-state index in [0.717, 1.165) is 84.2 Å². The van der Waals surface area contributed by atoms with Gasteiger partial charge in [-0.1, -0.05) is 24.3 Å². The lowest BCUT2D eigenvalue weighted by Crippen LogP contribution is -2.38. The molecular formula is C23H37IN4O3. The summed E-state index contributed by atoms with van der Waals surface area (Å²) in [6.45, 7) is 6.36. The Morgan fingerprint density at radius 1 is 1.13 bits per heavy atom. The summed E-state index contributed by atoms with van der Waals surface area (Å²) in [5.74, 6) is 1.65. The maximum Gasteiger partial charge on any atom is 0.223 e. The fourth-order valence-corrected chi connectivity index (χ4v) is 3.88. The van der Waals surface area contributed by atoms with Crippen molar-refractivity contribution >= 4 is 35.8 Å². The van der Waals surface area contributed by atoms with Crippen LogP contribution in [0.1, 0.15) is 43.2 Å². The monoisotopic (exact) mass is 544 g/mol. The average Bonchev–Trinajstić information content (AvgIpc) is 3.22. The molecule has 0 spiro atoms. The Balaban J connectivity index is 0.00000341. The van der Waals surface area contributed by atoms with Crippen molar-refractivity contribution in [1.29, 1.82) is 0 Å². The fourth-order valence-electron chi connectivity index (χ4n) is 3.88. The van der Waals surface area contributed by atoms with Crippen molar-refractivity contribution in [1.82, 2.24) is 15.5 Å². The van der Waals surface area contributed by atoms with E-state index in [1.54, 1.807) is 7.05 Å². The predicted octanol–water partition coefficient (Wildman–Crippen LogP) is 2.93. The van der Waals surface area contributed by atoms with E-state index < -0.39 is 0 Å². The van der Waals surface area contributed by atoms with Gasteiger partial charge in [-0.05, 0) is 42.7 Å². The van der Waals surface area contributed by atoms with Crippen LogP contribution in [0.15, 0.2) is 29.3 Å². The second kappa shape index (κ2) is 14.6. The molecule has 1 amide bonds. The molecule has 31 heavy (non-hydrogen) atoms. The Kier molecular flexibility index (Phi) is 12.2. The van der Waals surface area contributed by atoms with E-state index in [2.05, 4.69) is 27.8 Å². The molecule has 0 radical (unpaired) electrons.